The van der Waals surface area contributed by atoms with Crippen LogP contribution in [0.15, 0.2) is 11.7 Å². The summed E-state index contributed by atoms with van der Waals surface area (Å²) in [7, 11) is 0. The molecule has 1 saturated heterocycles. The number of likely N-dealkylation sites (tertiary alicyclic amines) is 1. The number of carbonyl (C=O) groups is 2. The number of thiazole rings is 1. The van der Waals surface area contributed by atoms with Crippen LogP contribution in [0.5, 0.6) is 0 Å². The highest BCUT2D eigenvalue weighted by Crippen LogP contribution is 2.34. The highest BCUT2D eigenvalue weighted by atomic mass is 32.1. The summed E-state index contributed by atoms with van der Waals surface area (Å²) in [4.78, 5) is 30.3. The molecular weight excluding hydrogens is 278 g/mol. The van der Waals surface area contributed by atoms with E-state index in [2.05, 4.69) is 10.3 Å². The summed E-state index contributed by atoms with van der Waals surface area (Å²) in [6, 6.07) is -0.299. The second-order valence-corrected chi connectivity index (χ2v) is 5.94. The lowest BCUT2D eigenvalue weighted by Gasteiger charge is -2.34. The Morgan fingerprint density at radius 1 is 1.60 bits per heavy atom. The van der Waals surface area contributed by atoms with E-state index in [-0.39, 0.29) is 6.03 Å². The first-order chi connectivity index (χ1) is 9.60. The number of nitrogens with zero attached hydrogens (tertiary/aromatic N) is 2. The smallest absolute Gasteiger partial charge is 0.329 e. The normalized spacial score (nSPS) is 21.9. The van der Waals surface area contributed by atoms with Crippen molar-refractivity contribution in [2.75, 3.05) is 6.54 Å². The van der Waals surface area contributed by atoms with Gasteiger partial charge in [0.15, 0.2) is 0 Å². The quantitative estimate of drug-likeness (QED) is 0.871. The maximum Gasteiger partial charge on any atom is 0.329 e. The number of carboxylic acids is 1. The monoisotopic (exact) mass is 297 g/mol. The number of aliphatic carboxylic acids is 1. The van der Waals surface area contributed by atoms with Crippen LogP contribution >= 0.6 is 11.3 Å². The van der Waals surface area contributed by atoms with E-state index in [0.29, 0.717) is 25.9 Å². The predicted octanol–water partition coefficient (Wildman–Crippen LogP) is 2.07. The van der Waals surface area contributed by atoms with Crippen molar-refractivity contribution < 1.29 is 14.7 Å². The molecule has 7 heteroatoms. The second kappa shape index (κ2) is 6.21. The molecule has 2 rings (SSSR count). The van der Waals surface area contributed by atoms with Crippen LogP contribution in [0.25, 0.3) is 0 Å². The van der Waals surface area contributed by atoms with Crippen molar-refractivity contribution in [2.24, 2.45) is 0 Å². The molecule has 2 N–H and O–H groups in total. The van der Waals surface area contributed by atoms with Crippen molar-refractivity contribution in [2.45, 2.75) is 44.7 Å². The fourth-order valence-corrected chi connectivity index (χ4v) is 3.30. The summed E-state index contributed by atoms with van der Waals surface area (Å²) >= 11 is 1.46. The summed E-state index contributed by atoms with van der Waals surface area (Å²) in [5.74, 6) is -0.898. The molecule has 1 aliphatic heterocycles. The lowest BCUT2D eigenvalue weighted by molar-refractivity contribution is -0.148. The van der Waals surface area contributed by atoms with Gasteiger partial charge in [-0.3, -0.25) is 4.98 Å². The SMILES string of the molecule is CCCC1(C(=O)O)CCCN1C(=O)NCc1cncs1. The molecular formula is C13H19N3O3S. The topological polar surface area (TPSA) is 82.5 Å². The molecule has 0 aromatic carbocycles. The number of nitrogens with one attached hydrogen (secondary N) is 1. The summed E-state index contributed by atoms with van der Waals surface area (Å²) < 4.78 is 0. The maximum atomic E-state index is 12.3. The van der Waals surface area contributed by atoms with E-state index in [1.54, 1.807) is 11.7 Å². The van der Waals surface area contributed by atoms with Gasteiger partial charge in [-0.15, -0.1) is 11.3 Å². The Hall–Kier alpha value is -1.63. The molecule has 1 fully saturated rings. The fourth-order valence-electron chi connectivity index (χ4n) is 2.76. The van der Waals surface area contributed by atoms with Gasteiger partial charge in [0.25, 0.3) is 0 Å². The molecule has 1 atom stereocenters. The molecule has 2 heterocycles. The van der Waals surface area contributed by atoms with Gasteiger partial charge < -0.3 is 15.3 Å². The van der Waals surface area contributed by atoms with Gasteiger partial charge in [0.2, 0.25) is 0 Å². The highest BCUT2D eigenvalue weighted by Gasteiger charge is 2.49. The van der Waals surface area contributed by atoms with Crippen LogP contribution in [-0.2, 0) is 11.3 Å². The van der Waals surface area contributed by atoms with Crippen LogP contribution in [0, 0.1) is 0 Å². The van der Waals surface area contributed by atoms with Gasteiger partial charge in [-0.25, -0.2) is 9.59 Å². The first kappa shape index (κ1) is 14.8. The van der Waals surface area contributed by atoms with E-state index < -0.39 is 11.5 Å². The Morgan fingerprint density at radius 2 is 2.40 bits per heavy atom. The fraction of sp³-hybridized carbons (Fsp3) is 0.615. The number of carboxylic acid groups (broad SMARTS) is 1. The van der Waals surface area contributed by atoms with Gasteiger partial charge in [0, 0.05) is 17.6 Å². The number of hydrogen-bond donors (Lipinski definition) is 2. The highest BCUT2D eigenvalue weighted by molar-refractivity contribution is 7.09. The molecule has 0 bridgehead atoms. The van der Waals surface area contributed by atoms with Crippen molar-refractivity contribution in [3.63, 3.8) is 0 Å². The largest absolute Gasteiger partial charge is 0.479 e. The van der Waals surface area contributed by atoms with Crippen LogP contribution in [0.2, 0.25) is 0 Å². The molecule has 1 aromatic rings. The van der Waals surface area contributed by atoms with E-state index in [1.807, 2.05) is 6.92 Å². The minimum atomic E-state index is -1.04. The zero-order valence-corrected chi connectivity index (χ0v) is 12.3. The second-order valence-electron chi connectivity index (χ2n) is 4.97. The lowest BCUT2D eigenvalue weighted by atomic mass is 9.91. The van der Waals surface area contributed by atoms with Crippen molar-refractivity contribution in [3.05, 3.63) is 16.6 Å². The van der Waals surface area contributed by atoms with Gasteiger partial charge in [0.1, 0.15) is 5.54 Å². The number of amides is 2. The first-order valence-corrected chi connectivity index (χ1v) is 7.64. The average molecular weight is 297 g/mol. The third-order valence-electron chi connectivity index (χ3n) is 3.69. The molecule has 20 heavy (non-hydrogen) atoms. The van der Waals surface area contributed by atoms with Gasteiger partial charge >= 0.3 is 12.0 Å². The first-order valence-electron chi connectivity index (χ1n) is 6.76. The Bertz CT molecular complexity index is 477. The maximum absolute atomic E-state index is 12.3. The molecule has 0 spiro atoms. The summed E-state index contributed by atoms with van der Waals surface area (Å²) in [6.45, 7) is 2.83. The molecule has 1 aliphatic rings. The van der Waals surface area contributed by atoms with Gasteiger partial charge in [-0.2, -0.15) is 0 Å². The van der Waals surface area contributed by atoms with Crippen molar-refractivity contribution in [1.29, 1.82) is 0 Å². The Morgan fingerprint density at radius 3 is 3.00 bits per heavy atom. The molecule has 1 unspecified atom stereocenters. The van der Waals surface area contributed by atoms with Gasteiger partial charge in [-0.05, 0) is 19.3 Å². The summed E-state index contributed by atoms with van der Waals surface area (Å²) in [6.07, 6.45) is 4.21. The number of urea groups is 1. The molecule has 0 aliphatic carbocycles. The van der Waals surface area contributed by atoms with Crippen LogP contribution in [0.1, 0.15) is 37.5 Å². The van der Waals surface area contributed by atoms with E-state index >= 15 is 0 Å². The molecule has 6 nitrogen and oxygen atoms in total. The van der Waals surface area contributed by atoms with Crippen LogP contribution in [0.4, 0.5) is 4.79 Å². The number of aromatic nitrogens is 1. The summed E-state index contributed by atoms with van der Waals surface area (Å²) in [5.41, 5.74) is 0.669. The zero-order valence-electron chi connectivity index (χ0n) is 11.5. The van der Waals surface area contributed by atoms with E-state index in [0.717, 1.165) is 17.7 Å². The van der Waals surface area contributed by atoms with E-state index in [4.69, 9.17) is 0 Å². The summed E-state index contributed by atoms with van der Waals surface area (Å²) in [5, 5.41) is 12.3. The molecule has 1 aromatic heterocycles. The van der Waals surface area contributed by atoms with Gasteiger partial charge in [-0.1, -0.05) is 13.3 Å². The standard InChI is InChI=1S/C13H19N3O3S/c1-2-4-13(11(17)18)5-3-6-16(13)12(19)15-8-10-7-14-9-20-10/h7,9H,2-6,8H2,1H3,(H,15,19)(H,17,18). The van der Waals surface area contributed by atoms with Crippen LogP contribution in [-0.4, -0.2) is 39.1 Å². The molecule has 110 valence electrons. The Labute approximate surface area is 121 Å². The third-order valence-corrected chi connectivity index (χ3v) is 4.47. The predicted molar refractivity (Wildman–Crippen MR) is 75.6 cm³/mol. The Balaban J connectivity index is 2.05. The molecule has 0 radical (unpaired) electrons. The van der Waals surface area contributed by atoms with Gasteiger partial charge in [0.05, 0.1) is 12.1 Å². The van der Waals surface area contributed by atoms with Crippen molar-refractivity contribution >= 4 is 23.3 Å². The third kappa shape index (κ3) is 2.77. The van der Waals surface area contributed by atoms with Crippen molar-refractivity contribution in [3.8, 4) is 0 Å². The van der Waals surface area contributed by atoms with Crippen LogP contribution < -0.4 is 5.32 Å². The Kier molecular flexibility index (Phi) is 4.59. The average Bonchev–Trinajstić information content (AvgIpc) is 3.06. The number of hydrogen-bond acceptors (Lipinski definition) is 4. The van der Waals surface area contributed by atoms with E-state index in [1.165, 1.54) is 16.2 Å². The zero-order chi connectivity index (χ0) is 14.6. The van der Waals surface area contributed by atoms with Crippen LogP contribution in [0.3, 0.4) is 0 Å². The minimum absolute atomic E-state index is 0.299. The van der Waals surface area contributed by atoms with E-state index in [9.17, 15) is 14.7 Å². The lowest BCUT2D eigenvalue weighted by Crippen LogP contribution is -2.55. The number of rotatable bonds is 5. The molecule has 0 saturated carbocycles. The van der Waals surface area contributed by atoms with Crippen molar-refractivity contribution in [1.82, 2.24) is 15.2 Å². The number of carbonyl (C=O) groups excluding carboxylic acids is 1. The molecule has 2 amide bonds. The minimum Gasteiger partial charge on any atom is -0.479 e.